The number of unbranched alkanes of at least 4 members (excludes halogenated alkanes) is 1. The summed E-state index contributed by atoms with van der Waals surface area (Å²) in [5, 5.41) is 3.38. The lowest BCUT2D eigenvalue weighted by molar-refractivity contribution is 0.558. The number of nitrogens with one attached hydrogen (secondary N) is 1. The first-order valence-corrected chi connectivity index (χ1v) is 6.25. The van der Waals surface area contributed by atoms with Crippen LogP contribution >= 0.6 is 0 Å². The van der Waals surface area contributed by atoms with Crippen molar-refractivity contribution in [2.45, 2.75) is 33.6 Å². The molecule has 94 valence electrons. The minimum atomic E-state index is 0.851. The van der Waals surface area contributed by atoms with E-state index in [0.29, 0.717) is 0 Å². The summed E-state index contributed by atoms with van der Waals surface area (Å²) in [5.41, 5.74) is 2.20. The molecule has 0 saturated heterocycles. The SMILES string of the molecule is C=CN1C(C)=CC(C)=N/C1=C\CNCCCC. The lowest BCUT2D eigenvalue weighted by Crippen LogP contribution is -2.21. The molecule has 3 heteroatoms. The molecule has 0 aromatic heterocycles. The van der Waals surface area contributed by atoms with Crippen molar-refractivity contribution in [1.29, 1.82) is 0 Å². The molecule has 0 amide bonds. The van der Waals surface area contributed by atoms with Crippen LogP contribution in [0.25, 0.3) is 0 Å². The zero-order valence-electron chi connectivity index (χ0n) is 11.2. The standard InChI is InChI=1S/C14H23N3/c1-5-7-9-15-10-8-14-16-12(3)11-13(4)17(14)6-2/h6,8,11,15H,2,5,7,9-10H2,1,3-4H3/b14-8+. The van der Waals surface area contributed by atoms with Gasteiger partial charge in [-0.3, -0.25) is 0 Å². The van der Waals surface area contributed by atoms with E-state index in [1.54, 1.807) is 6.20 Å². The van der Waals surface area contributed by atoms with Gasteiger partial charge in [0.1, 0.15) is 5.82 Å². The molecule has 1 aliphatic heterocycles. The van der Waals surface area contributed by atoms with E-state index in [9.17, 15) is 0 Å². The predicted octanol–water partition coefficient (Wildman–Crippen LogP) is 3.04. The van der Waals surface area contributed by atoms with Crippen LogP contribution in [0.15, 0.2) is 41.4 Å². The third kappa shape index (κ3) is 4.19. The number of allylic oxidation sites excluding steroid dienone is 2. The van der Waals surface area contributed by atoms with Gasteiger partial charge in [-0.25, -0.2) is 4.99 Å². The Kier molecular flexibility index (Phi) is 5.70. The van der Waals surface area contributed by atoms with Crippen LogP contribution in [0.5, 0.6) is 0 Å². The molecule has 0 fully saturated rings. The molecule has 1 aliphatic rings. The van der Waals surface area contributed by atoms with E-state index in [1.807, 2.05) is 11.8 Å². The maximum atomic E-state index is 4.52. The Labute approximate surface area is 105 Å². The van der Waals surface area contributed by atoms with Gasteiger partial charge in [0.15, 0.2) is 0 Å². The minimum Gasteiger partial charge on any atom is -0.313 e. The van der Waals surface area contributed by atoms with Crippen molar-refractivity contribution in [1.82, 2.24) is 10.2 Å². The Hall–Kier alpha value is -1.35. The Morgan fingerprint density at radius 2 is 2.24 bits per heavy atom. The summed E-state index contributed by atoms with van der Waals surface area (Å²) < 4.78 is 0. The monoisotopic (exact) mass is 233 g/mol. The molecule has 0 radical (unpaired) electrons. The molecule has 1 rings (SSSR count). The average molecular weight is 233 g/mol. The first-order chi connectivity index (χ1) is 8.19. The lowest BCUT2D eigenvalue weighted by Gasteiger charge is -2.25. The fraction of sp³-hybridized carbons (Fsp3) is 0.500. The number of hydrogen-bond donors (Lipinski definition) is 1. The van der Waals surface area contributed by atoms with Crippen LogP contribution in [0.3, 0.4) is 0 Å². The second-order valence-electron chi connectivity index (χ2n) is 4.21. The Morgan fingerprint density at radius 3 is 2.88 bits per heavy atom. The van der Waals surface area contributed by atoms with E-state index in [-0.39, 0.29) is 0 Å². The van der Waals surface area contributed by atoms with Crippen molar-refractivity contribution in [3.63, 3.8) is 0 Å². The van der Waals surface area contributed by atoms with Crippen molar-refractivity contribution < 1.29 is 0 Å². The Bertz CT molecular complexity index is 350. The van der Waals surface area contributed by atoms with Crippen LogP contribution in [-0.2, 0) is 0 Å². The zero-order chi connectivity index (χ0) is 12.7. The van der Waals surface area contributed by atoms with Gasteiger partial charge < -0.3 is 10.2 Å². The van der Waals surface area contributed by atoms with Crippen molar-refractivity contribution in [2.75, 3.05) is 13.1 Å². The van der Waals surface area contributed by atoms with Gasteiger partial charge in [-0.1, -0.05) is 19.9 Å². The highest BCUT2D eigenvalue weighted by Gasteiger charge is 2.11. The van der Waals surface area contributed by atoms with Crippen LogP contribution in [-0.4, -0.2) is 23.7 Å². The largest absolute Gasteiger partial charge is 0.313 e. The number of nitrogens with zero attached hydrogens (tertiary/aromatic N) is 2. The summed E-state index contributed by atoms with van der Waals surface area (Å²) in [7, 11) is 0. The molecule has 3 nitrogen and oxygen atoms in total. The molecule has 0 aromatic rings. The van der Waals surface area contributed by atoms with E-state index in [2.05, 4.69) is 42.9 Å². The molecule has 0 spiro atoms. The van der Waals surface area contributed by atoms with Gasteiger partial charge in [0.05, 0.1) is 0 Å². The van der Waals surface area contributed by atoms with Gasteiger partial charge in [-0.15, -0.1) is 0 Å². The van der Waals surface area contributed by atoms with E-state index in [1.165, 1.54) is 12.8 Å². The zero-order valence-corrected chi connectivity index (χ0v) is 11.2. The molecule has 1 N–H and O–H groups in total. The fourth-order valence-electron chi connectivity index (χ4n) is 1.77. The molecule has 1 heterocycles. The normalized spacial score (nSPS) is 18.1. The molecule has 0 unspecified atom stereocenters. The summed E-state index contributed by atoms with van der Waals surface area (Å²) in [4.78, 5) is 6.53. The van der Waals surface area contributed by atoms with Gasteiger partial charge in [0.2, 0.25) is 0 Å². The van der Waals surface area contributed by atoms with Crippen LogP contribution in [0, 0.1) is 0 Å². The molecule has 0 saturated carbocycles. The summed E-state index contributed by atoms with van der Waals surface area (Å²) in [6.07, 6.45) is 8.41. The van der Waals surface area contributed by atoms with Crippen molar-refractivity contribution in [3.05, 3.63) is 36.4 Å². The molecule has 0 aromatic carbocycles. The maximum absolute atomic E-state index is 4.52. The summed E-state index contributed by atoms with van der Waals surface area (Å²) in [5.74, 6) is 0.960. The number of aliphatic imine (C=N–C) groups is 1. The second kappa shape index (κ2) is 7.07. The number of hydrogen-bond acceptors (Lipinski definition) is 3. The van der Waals surface area contributed by atoms with Gasteiger partial charge in [-0.2, -0.15) is 0 Å². The number of rotatable bonds is 6. The molecule has 0 aliphatic carbocycles. The Balaban J connectivity index is 2.58. The van der Waals surface area contributed by atoms with Crippen LogP contribution in [0.2, 0.25) is 0 Å². The van der Waals surface area contributed by atoms with Crippen LogP contribution in [0.1, 0.15) is 33.6 Å². The topological polar surface area (TPSA) is 27.6 Å². The Morgan fingerprint density at radius 1 is 1.47 bits per heavy atom. The van der Waals surface area contributed by atoms with E-state index >= 15 is 0 Å². The third-order valence-electron chi connectivity index (χ3n) is 2.65. The quantitative estimate of drug-likeness (QED) is 0.714. The van der Waals surface area contributed by atoms with Crippen molar-refractivity contribution in [3.8, 4) is 0 Å². The summed E-state index contributed by atoms with van der Waals surface area (Å²) in [6.45, 7) is 12.0. The van der Waals surface area contributed by atoms with Gasteiger partial charge >= 0.3 is 0 Å². The molecule has 0 atom stereocenters. The van der Waals surface area contributed by atoms with Gasteiger partial charge in [-0.05, 0) is 39.0 Å². The van der Waals surface area contributed by atoms with Gasteiger partial charge in [0.25, 0.3) is 0 Å². The highest BCUT2D eigenvalue weighted by Crippen LogP contribution is 2.19. The van der Waals surface area contributed by atoms with Crippen molar-refractivity contribution >= 4 is 5.71 Å². The predicted molar refractivity (Wildman–Crippen MR) is 74.8 cm³/mol. The second-order valence-corrected chi connectivity index (χ2v) is 4.21. The molecule has 0 bridgehead atoms. The van der Waals surface area contributed by atoms with Crippen LogP contribution < -0.4 is 5.32 Å². The first-order valence-electron chi connectivity index (χ1n) is 6.25. The lowest BCUT2D eigenvalue weighted by atomic mass is 10.2. The van der Waals surface area contributed by atoms with E-state index in [0.717, 1.165) is 30.3 Å². The molecular formula is C14H23N3. The van der Waals surface area contributed by atoms with E-state index < -0.39 is 0 Å². The summed E-state index contributed by atoms with van der Waals surface area (Å²) >= 11 is 0. The maximum Gasteiger partial charge on any atom is 0.134 e. The van der Waals surface area contributed by atoms with Crippen LogP contribution in [0.4, 0.5) is 0 Å². The molecule has 17 heavy (non-hydrogen) atoms. The molecular weight excluding hydrogens is 210 g/mol. The fourth-order valence-corrected chi connectivity index (χ4v) is 1.77. The minimum absolute atomic E-state index is 0.851. The average Bonchev–Trinajstić information content (AvgIpc) is 2.28. The third-order valence-corrected chi connectivity index (χ3v) is 2.65. The van der Waals surface area contributed by atoms with Crippen molar-refractivity contribution in [2.24, 2.45) is 4.99 Å². The highest BCUT2D eigenvalue weighted by atomic mass is 15.2. The highest BCUT2D eigenvalue weighted by molar-refractivity contribution is 5.94. The summed E-state index contributed by atoms with van der Waals surface area (Å²) in [6, 6.07) is 0. The first kappa shape index (κ1) is 13.7. The van der Waals surface area contributed by atoms with E-state index in [4.69, 9.17) is 0 Å². The van der Waals surface area contributed by atoms with Gasteiger partial charge in [0, 0.05) is 24.2 Å². The smallest absolute Gasteiger partial charge is 0.134 e.